The Kier molecular flexibility index (Phi) is 7.97. The maximum atomic E-state index is 12.6. The average Bonchev–Trinajstić information content (AvgIpc) is 2.75. The molecule has 4 N–H and O–H groups in total. The van der Waals surface area contributed by atoms with Crippen LogP contribution in [0.4, 0.5) is 21.0 Å². The minimum absolute atomic E-state index is 0.0738. The van der Waals surface area contributed by atoms with Crippen LogP contribution in [-0.4, -0.2) is 55.2 Å². The molecule has 1 heterocycles. The third-order valence-corrected chi connectivity index (χ3v) is 5.82. The predicted octanol–water partition coefficient (Wildman–Crippen LogP) is 3.28. The zero-order valence-electron chi connectivity index (χ0n) is 18.3. The van der Waals surface area contributed by atoms with Crippen molar-refractivity contribution in [3.05, 3.63) is 18.2 Å². The number of rotatable bonds is 5. The third-order valence-electron chi connectivity index (χ3n) is 5.82. The van der Waals surface area contributed by atoms with E-state index in [1.807, 2.05) is 0 Å². The Morgan fingerprint density at radius 3 is 2.19 bits per heavy atom. The van der Waals surface area contributed by atoms with Gasteiger partial charge in [-0.15, -0.1) is 0 Å². The van der Waals surface area contributed by atoms with Crippen molar-refractivity contribution >= 4 is 29.3 Å². The maximum absolute atomic E-state index is 12.6. The number of methoxy groups -OCH3 is 1. The van der Waals surface area contributed by atoms with Crippen LogP contribution in [-0.2, 0) is 4.79 Å². The van der Waals surface area contributed by atoms with Crippen LogP contribution < -0.4 is 26.0 Å². The normalized spacial score (nSPS) is 17.5. The molecule has 2 aliphatic rings. The molecule has 0 radical (unpaired) electrons. The molecule has 9 nitrogen and oxygen atoms in total. The number of benzene rings is 1. The highest BCUT2D eigenvalue weighted by atomic mass is 16.5. The molecule has 1 aliphatic heterocycles. The lowest BCUT2D eigenvalue weighted by Gasteiger charge is -2.33. The van der Waals surface area contributed by atoms with Crippen LogP contribution in [0.25, 0.3) is 0 Å². The molecule has 1 saturated heterocycles. The van der Waals surface area contributed by atoms with Crippen molar-refractivity contribution in [2.45, 2.75) is 64.0 Å². The second-order valence-corrected chi connectivity index (χ2v) is 8.24. The summed E-state index contributed by atoms with van der Waals surface area (Å²) in [4.78, 5) is 37.9. The summed E-state index contributed by atoms with van der Waals surface area (Å²) < 4.78 is 5.29. The fourth-order valence-electron chi connectivity index (χ4n) is 4.15. The van der Waals surface area contributed by atoms with E-state index in [0.29, 0.717) is 30.2 Å². The predicted molar refractivity (Wildman–Crippen MR) is 119 cm³/mol. The molecule has 2 fully saturated rings. The topological polar surface area (TPSA) is 112 Å². The lowest BCUT2D eigenvalue weighted by Crippen LogP contribution is -2.51. The highest BCUT2D eigenvalue weighted by Gasteiger charge is 2.25. The van der Waals surface area contributed by atoms with Crippen molar-refractivity contribution in [2.24, 2.45) is 0 Å². The van der Waals surface area contributed by atoms with Crippen molar-refractivity contribution in [1.82, 2.24) is 15.5 Å². The first-order chi connectivity index (χ1) is 14.9. The average molecular weight is 432 g/mol. The lowest BCUT2D eigenvalue weighted by atomic mass is 9.96. The van der Waals surface area contributed by atoms with Crippen molar-refractivity contribution in [3.8, 4) is 5.75 Å². The van der Waals surface area contributed by atoms with Gasteiger partial charge in [-0.25, -0.2) is 9.59 Å². The molecule has 9 heteroatoms. The van der Waals surface area contributed by atoms with Crippen molar-refractivity contribution < 1.29 is 19.1 Å². The SMILES string of the molecule is COc1cc(NC(=O)N2CCC(NC(=O)NC3CCCCC3)CC2)ccc1NC(C)=O. The smallest absolute Gasteiger partial charge is 0.321 e. The van der Waals surface area contributed by atoms with E-state index in [1.54, 1.807) is 23.1 Å². The van der Waals surface area contributed by atoms with Crippen molar-refractivity contribution in [1.29, 1.82) is 0 Å². The number of carbonyl (C=O) groups is 3. The number of nitrogens with one attached hydrogen (secondary N) is 4. The van der Waals surface area contributed by atoms with Crippen LogP contribution in [0.1, 0.15) is 51.9 Å². The summed E-state index contributed by atoms with van der Waals surface area (Å²) in [5.41, 5.74) is 1.13. The molecule has 1 aromatic rings. The Bertz CT molecular complexity index is 786. The Morgan fingerprint density at radius 2 is 1.58 bits per heavy atom. The highest BCUT2D eigenvalue weighted by Crippen LogP contribution is 2.28. The number of hydrogen-bond acceptors (Lipinski definition) is 4. The van der Waals surface area contributed by atoms with Gasteiger partial charge in [-0.05, 0) is 37.8 Å². The minimum atomic E-state index is -0.195. The molecule has 0 atom stereocenters. The van der Waals surface area contributed by atoms with Crippen molar-refractivity contribution in [2.75, 3.05) is 30.8 Å². The first-order valence-corrected chi connectivity index (χ1v) is 11.0. The monoisotopic (exact) mass is 431 g/mol. The number of piperidine rings is 1. The van der Waals surface area contributed by atoms with E-state index in [4.69, 9.17) is 4.74 Å². The Hall–Kier alpha value is -2.97. The largest absolute Gasteiger partial charge is 0.494 e. The van der Waals surface area contributed by atoms with Gasteiger partial charge in [0.05, 0.1) is 12.8 Å². The van der Waals surface area contributed by atoms with E-state index in [1.165, 1.54) is 33.3 Å². The molecule has 0 aromatic heterocycles. The minimum Gasteiger partial charge on any atom is -0.494 e. The summed E-state index contributed by atoms with van der Waals surface area (Å²) in [7, 11) is 1.51. The standard InChI is InChI=1S/C22H33N5O4/c1-15(28)23-19-9-8-18(14-20(19)31-2)26-22(30)27-12-10-17(11-13-27)25-21(29)24-16-6-4-3-5-7-16/h8-9,14,16-17H,3-7,10-13H2,1-2H3,(H,23,28)(H,26,30)(H2,24,25,29). The molecular formula is C22H33N5O4. The molecule has 0 unspecified atom stereocenters. The van der Waals surface area contributed by atoms with Crippen LogP contribution in [0.15, 0.2) is 18.2 Å². The fourth-order valence-corrected chi connectivity index (χ4v) is 4.15. The van der Waals surface area contributed by atoms with Gasteiger partial charge in [0.15, 0.2) is 0 Å². The molecule has 1 saturated carbocycles. The summed E-state index contributed by atoms with van der Waals surface area (Å²) in [5.74, 6) is 0.277. The first kappa shape index (κ1) is 22.7. The number of amides is 5. The van der Waals surface area contributed by atoms with Crippen LogP contribution in [0.3, 0.4) is 0 Å². The van der Waals surface area contributed by atoms with Gasteiger partial charge in [0.25, 0.3) is 0 Å². The second-order valence-electron chi connectivity index (χ2n) is 8.24. The van der Waals surface area contributed by atoms with E-state index in [-0.39, 0.29) is 30.1 Å². The van der Waals surface area contributed by atoms with Crippen LogP contribution in [0.2, 0.25) is 0 Å². The molecule has 5 amide bonds. The summed E-state index contributed by atoms with van der Waals surface area (Å²) in [5, 5.41) is 11.7. The second kappa shape index (κ2) is 10.9. The summed E-state index contributed by atoms with van der Waals surface area (Å²) in [6.07, 6.45) is 7.17. The Labute approximate surface area is 183 Å². The van der Waals surface area contributed by atoms with Gasteiger partial charge in [-0.2, -0.15) is 0 Å². The number of likely N-dealkylation sites (tertiary alicyclic amines) is 1. The first-order valence-electron chi connectivity index (χ1n) is 11.0. The molecule has 0 bridgehead atoms. The van der Waals surface area contributed by atoms with Gasteiger partial charge in [-0.1, -0.05) is 19.3 Å². The van der Waals surface area contributed by atoms with Gasteiger partial charge in [0.1, 0.15) is 5.75 Å². The zero-order valence-corrected chi connectivity index (χ0v) is 18.3. The summed E-state index contributed by atoms with van der Waals surface area (Å²) in [6, 6.07) is 5.15. The number of hydrogen-bond donors (Lipinski definition) is 4. The van der Waals surface area contributed by atoms with E-state index in [9.17, 15) is 14.4 Å². The summed E-state index contributed by atoms with van der Waals surface area (Å²) in [6.45, 7) is 2.57. The maximum Gasteiger partial charge on any atom is 0.321 e. The Balaban J connectivity index is 1.44. The number of nitrogens with zero attached hydrogens (tertiary/aromatic N) is 1. The molecule has 31 heavy (non-hydrogen) atoms. The fraction of sp³-hybridized carbons (Fsp3) is 0.591. The van der Waals surface area contributed by atoms with E-state index >= 15 is 0 Å². The van der Waals surface area contributed by atoms with Gasteiger partial charge < -0.3 is 30.9 Å². The number of urea groups is 2. The molecular weight excluding hydrogens is 398 g/mol. The number of anilines is 2. The number of ether oxygens (including phenoxy) is 1. The molecule has 1 aromatic carbocycles. The van der Waals surface area contributed by atoms with Crippen molar-refractivity contribution in [3.63, 3.8) is 0 Å². The summed E-state index contributed by atoms with van der Waals surface area (Å²) >= 11 is 0. The molecule has 170 valence electrons. The number of carbonyl (C=O) groups excluding carboxylic acids is 3. The third kappa shape index (κ3) is 6.77. The zero-order chi connectivity index (χ0) is 22.2. The van der Waals surface area contributed by atoms with Crippen LogP contribution >= 0.6 is 0 Å². The van der Waals surface area contributed by atoms with Gasteiger partial charge in [0.2, 0.25) is 5.91 Å². The van der Waals surface area contributed by atoms with Crippen LogP contribution in [0.5, 0.6) is 5.75 Å². The molecule has 1 aliphatic carbocycles. The van der Waals surface area contributed by atoms with E-state index in [0.717, 1.165) is 25.7 Å². The molecule has 3 rings (SSSR count). The quantitative estimate of drug-likeness (QED) is 0.573. The highest BCUT2D eigenvalue weighted by molar-refractivity contribution is 5.93. The Morgan fingerprint density at radius 1 is 0.935 bits per heavy atom. The van der Waals surface area contributed by atoms with Crippen LogP contribution in [0, 0.1) is 0 Å². The van der Waals surface area contributed by atoms with Gasteiger partial charge in [-0.3, -0.25) is 4.79 Å². The lowest BCUT2D eigenvalue weighted by molar-refractivity contribution is -0.114. The van der Waals surface area contributed by atoms with Gasteiger partial charge >= 0.3 is 12.1 Å². The van der Waals surface area contributed by atoms with E-state index < -0.39 is 0 Å². The molecule has 0 spiro atoms. The van der Waals surface area contributed by atoms with E-state index in [2.05, 4.69) is 21.3 Å². The van der Waals surface area contributed by atoms with Gasteiger partial charge in [0, 0.05) is 43.9 Å².